The van der Waals surface area contributed by atoms with Gasteiger partial charge in [0.15, 0.2) is 0 Å². The van der Waals surface area contributed by atoms with Gasteiger partial charge in [0, 0.05) is 0 Å². The molecule has 9 heavy (non-hydrogen) atoms. The molecule has 0 spiro atoms. The van der Waals surface area contributed by atoms with E-state index in [1.807, 2.05) is 6.08 Å². The SMILES string of the molecule is N/N=C/C1=CCCC=C1. The minimum absolute atomic E-state index is 1.11. The van der Waals surface area contributed by atoms with E-state index in [1.165, 1.54) is 0 Å². The molecule has 1 aliphatic carbocycles. The summed E-state index contributed by atoms with van der Waals surface area (Å²) < 4.78 is 0. The number of hydrazone groups is 1. The summed E-state index contributed by atoms with van der Waals surface area (Å²) in [6, 6.07) is 0. The standard InChI is InChI=1S/C7H10N2/c8-9-6-7-4-2-1-3-5-7/h2,4-6H,1,3,8H2/b9-6+. The largest absolute Gasteiger partial charge is 0.323 e. The van der Waals surface area contributed by atoms with E-state index in [1.54, 1.807) is 6.21 Å². The molecule has 0 fully saturated rings. The van der Waals surface area contributed by atoms with Crippen LogP contribution in [-0.4, -0.2) is 6.21 Å². The first-order valence-electron chi connectivity index (χ1n) is 3.03. The highest BCUT2D eigenvalue weighted by atomic mass is 15.1. The fraction of sp³-hybridized carbons (Fsp3) is 0.286. The molecule has 2 nitrogen and oxygen atoms in total. The summed E-state index contributed by atoms with van der Waals surface area (Å²) in [5.41, 5.74) is 1.11. The summed E-state index contributed by atoms with van der Waals surface area (Å²) in [6.45, 7) is 0. The molecule has 48 valence electrons. The molecule has 0 aromatic rings. The third-order valence-electron chi connectivity index (χ3n) is 1.25. The Morgan fingerprint density at radius 2 is 2.44 bits per heavy atom. The Morgan fingerprint density at radius 3 is 3.00 bits per heavy atom. The first-order valence-corrected chi connectivity index (χ1v) is 3.03. The molecule has 2 heteroatoms. The third kappa shape index (κ3) is 1.72. The molecule has 0 aromatic heterocycles. The summed E-state index contributed by atoms with van der Waals surface area (Å²) in [4.78, 5) is 0. The van der Waals surface area contributed by atoms with Gasteiger partial charge in [0.05, 0.1) is 6.21 Å². The van der Waals surface area contributed by atoms with Crippen molar-refractivity contribution in [1.29, 1.82) is 0 Å². The van der Waals surface area contributed by atoms with Gasteiger partial charge in [-0.2, -0.15) is 5.10 Å². The molecule has 0 saturated heterocycles. The van der Waals surface area contributed by atoms with Crippen molar-refractivity contribution in [2.45, 2.75) is 12.8 Å². The Balaban J connectivity index is 2.58. The Bertz CT molecular complexity index is 162. The highest BCUT2D eigenvalue weighted by molar-refractivity contribution is 5.82. The van der Waals surface area contributed by atoms with Gasteiger partial charge >= 0.3 is 0 Å². The van der Waals surface area contributed by atoms with Gasteiger partial charge in [0.2, 0.25) is 0 Å². The highest BCUT2D eigenvalue weighted by Crippen LogP contribution is 2.06. The summed E-state index contributed by atoms with van der Waals surface area (Å²) in [6.07, 6.45) is 10.2. The van der Waals surface area contributed by atoms with Crippen LogP contribution in [0.5, 0.6) is 0 Å². The van der Waals surface area contributed by atoms with Gasteiger partial charge in [0.1, 0.15) is 0 Å². The molecule has 0 aromatic carbocycles. The number of hydrogen-bond acceptors (Lipinski definition) is 2. The average molecular weight is 122 g/mol. The topological polar surface area (TPSA) is 38.4 Å². The maximum atomic E-state index is 4.95. The van der Waals surface area contributed by atoms with Crippen molar-refractivity contribution in [3.05, 3.63) is 23.8 Å². The molecule has 0 bridgehead atoms. The molecule has 1 rings (SSSR count). The first-order chi connectivity index (χ1) is 4.43. The predicted octanol–water partition coefficient (Wildman–Crippen LogP) is 1.21. The average Bonchev–Trinajstić information content (AvgIpc) is 1.91. The maximum absolute atomic E-state index is 4.95. The fourth-order valence-corrected chi connectivity index (χ4v) is 0.815. The quantitative estimate of drug-likeness (QED) is 0.317. The van der Waals surface area contributed by atoms with E-state index >= 15 is 0 Å². The lowest BCUT2D eigenvalue weighted by Gasteiger charge is -1.98. The van der Waals surface area contributed by atoms with Crippen LogP contribution in [0.3, 0.4) is 0 Å². The lowest BCUT2D eigenvalue weighted by molar-refractivity contribution is 1.03. The number of allylic oxidation sites excluding steroid dienone is 4. The second-order valence-corrected chi connectivity index (χ2v) is 1.96. The normalized spacial score (nSPS) is 18.4. The van der Waals surface area contributed by atoms with Gasteiger partial charge < -0.3 is 5.84 Å². The molecule has 0 heterocycles. The van der Waals surface area contributed by atoms with E-state index in [9.17, 15) is 0 Å². The lowest BCUT2D eigenvalue weighted by Crippen LogP contribution is -1.88. The monoisotopic (exact) mass is 122 g/mol. The minimum Gasteiger partial charge on any atom is -0.323 e. The van der Waals surface area contributed by atoms with Crippen LogP contribution >= 0.6 is 0 Å². The molecule has 0 radical (unpaired) electrons. The van der Waals surface area contributed by atoms with Crippen molar-refractivity contribution in [1.82, 2.24) is 0 Å². The van der Waals surface area contributed by atoms with Gasteiger partial charge in [-0.05, 0) is 18.4 Å². The van der Waals surface area contributed by atoms with Crippen molar-refractivity contribution >= 4 is 6.21 Å². The van der Waals surface area contributed by atoms with E-state index in [2.05, 4.69) is 17.3 Å². The minimum atomic E-state index is 1.11. The van der Waals surface area contributed by atoms with Crippen LogP contribution in [0.4, 0.5) is 0 Å². The van der Waals surface area contributed by atoms with Crippen LogP contribution < -0.4 is 5.84 Å². The van der Waals surface area contributed by atoms with Gasteiger partial charge in [-0.15, -0.1) is 0 Å². The second-order valence-electron chi connectivity index (χ2n) is 1.96. The van der Waals surface area contributed by atoms with Crippen molar-refractivity contribution in [2.75, 3.05) is 0 Å². The van der Waals surface area contributed by atoms with E-state index < -0.39 is 0 Å². The highest BCUT2D eigenvalue weighted by Gasteiger charge is 1.90. The number of rotatable bonds is 1. The van der Waals surface area contributed by atoms with Crippen molar-refractivity contribution in [3.8, 4) is 0 Å². The van der Waals surface area contributed by atoms with Crippen LogP contribution in [0, 0.1) is 0 Å². The fourth-order valence-electron chi connectivity index (χ4n) is 0.815. The van der Waals surface area contributed by atoms with E-state index in [0.29, 0.717) is 0 Å². The molecule has 1 aliphatic rings. The molecule has 0 atom stereocenters. The second kappa shape index (κ2) is 3.07. The van der Waals surface area contributed by atoms with Crippen LogP contribution in [0.2, 0.25) is 0 Å². The third-order valence-corrected chi connectivity index (χ3v) is 1.25. The zero-order valence-corrected chi connectivity index (χ0v) is 5.25. The molecular weight excluding hydrogens is 112 g/mol. The van der Waals surface area contributed by atoms with E-state index in [0.717, 1.165) is 18.4 Å². The molecule has 0 saturated carbocycles. The maximum Gasteiger partial charge on any atom is 0.0534 e. The molecule has 0 aliphatic heterocycles. The van der Waals surface area contributed by atoms with Gasteiger partial charge in [-0.1, -0.05) is 18.2 Å². The first kappa shape index (κ1) is 6.08. The Labute approximate surface area is 54.7 Å². The molecule has 0 unspecified atom stereocenters. The Hall–Kier alpha value is -1.05. The summed E-state index contributed by atoms with van der Waals surface area (Å²) in [5, 5.41) is 3.41. The van der Waals surface area contributed by atoms with Crippen LogP contribution in [0.1, 0.15) is 12.8 Å². The molecular formula is C7H10N2. The van der Waals surface area contributed by atoms with Gasteiger partial charge in [-0.25, -0.2) is 0 Å². The Morgan fingerprint density at radius 1 is 1.56 bits per heavy atom. The molecule has 2 N–H and O–H groups in total. The zero-order valence-electron chi connectivity index (χ0n) is 5.25. The molecule has 0 amide bonds. The number of hydrogen-bond donors (Lipinski definition) is 1. The van der Waals surface area contributed by atoms with Crippen LogP contribution in [0.15, 0.2) is 28.9 Å². The zero-order chi connectivity index (χ0) is 6.53. The summed E-state index contributed by atoms with van der Waals surface area (Å²) >= 11 is 0. The Kier molecular flexibility index (Phi) is 2.07. The van der Waals surface area contributed by atoms with Gasteiger partial charge in [-0.3, -0.25) is 0 Å². The smallest absolute Gasteiger partial charge is 0.0534 e. The van der Waals surface area contributed by atoms with E-state index in [-0.39, 0.29) is 0 Å². The van der Waals surface area contributed by atoms with Crippen LogP contribution in [-0.2, 0) is 0 Å². The van der Waals surface area contributed by atoms with Crippen molar-refractivity contribution in [3.63, 3.8) is 0 Å². The predicted molar refractivity (Wildman–Crippen MR) is 39.1 cm³/mol. The van der Waals surface area contributed by atoms with Crippen molar-refractivity contribution < 1.29 is 0 Å². The van der Waals surface area contributed by atoms with Gasteiger partial charge in [0.25, 0.3) is 0 Å². The van der Waals surface area contributed by atoms with E-state index in [4.69, 9.17) is 5.84 Å². The van der Waals surface area contributed by atoms with Crippen LogP contribution in [0.25, 0.3) is 0 Å². The number of nitrogens with zero attached hydrogens (tertiary/aromatic N) is 1. The van der Waals surface area contributed by atoms with Crippen molar-refractivity contribution in [2.24, 2.45) is 10.9 Å². The summed E-state index contributed by atoms with van der Waals surface area (Å²) in [5.74, 6) is 4.95. The summed E-state index contributed by atoms with van der Waals surface area (Å²) in [7, 11) is 0. The lowest BCUT2D eigenvalue weighted by atomic mass is 10.1. The number of nitrogens with two attached hydrogens (primary N) is 1.